The summed E-state index contributed by atoms with van der Waals surface area (Å²) in [6, 6.07) is 7.63. The van der Waals surface area contributed by atoms with Crippen LogP contribution in [0.25, 0.3) is 11.1 Å². The molecule has 1 heterocycles. The maximum absolute atomic E-state index is 11.6. The summed E-state index contributed by atoms with van der Waals surface area (Å²) in [5.41, 5.74) is 0.981. The van der Waals surface area contributed by atoms with Crippen molar-refractivity contribution in [1.29, 1.82) is 0 Å². The van der Waals surface area contributed by atoms with Gasteiger partial charge in [-0.1, -0.05) is 12.1 Å². The highest BCUT2D eigenvalue weighted by Crippen LogP contribution is 2.26. The molecule has 21 heavy (non-hydrogen) atoms. The second kappa shape index (κ2) is 5.53. The molecule has 0 radical (unpaired) electrons. The fourth-order valence-electron chi connectivity index (χ4n) is 1.83. The number of carboxylic acid groups (broad SMARTS) is 1. The Balaban J connectivity index is 2.57. The van der Waals surface area contributed by atoms with Crippen molar-refractivity contribution in [1.82, 2.24) is 4.98 Å². The van der Waals surface area contributed by atoms with Crippen LogP contribution in [-0.2, 0) is 9.84 Å². The Bertz CT molecular complexity index is 799. The number of methoxy groups -OCH3 is 1. The largest absolute Gasteiger partial charge is 0.480 e. The average molecular weight is 307 g/mol. The van der Waals surface area contributed by atoms with Gasteiger partial charge in [0.25, 0.3) is 0 Å². The van der Waals surface area contributed by atoms with Crippen LogP contribution in [0.5, 0.6) is 5.88 Å². The van der Waals surface area contributed by atoms with Gasteiger partial charge in [-0.2, -0.15) is 0 Å². The molecule has 0 atom stereocenters. The molecular formula is C14H13NO5S. The molecule has 0 aliphatic rings. The first kappa shape index (κ1) is 15.0. The average Bonchev–Trinajstić information content (AvgIpc) is 2.45. The third-order valence-electron chi connectivity index (χ3n) is 2.87. The first-order valence-corrected chi connectivity index (χ1v) is 7.80. The zero-order chi connectivity index (χ0) is 15.6. The molecule has 0 saturated heterocycles. The van der Waals surface area contributed by atoms with Gasteiger partial charge in [0.15, 0.2) is 9.84 Å². The van der Waals surface area contributed by atoms with E-state index in [1.807, 2.05) is 0 Å². The third-order valence-corrected chi connectivity index (χ3v) is 3.98. The van der Waals surface area contributed by atoms with Gasteiger partial charge >= 0.3 is 5.97 Å². The number of rotatable bonds is 4. The summed E-state index contributed by atoms with van der Waals surface area (Å²) in [4.78, 5) is 15.3. The highest BCUT2D eigenvalue weighted by molar-refractivity contribution is 7.90. The molecule has 6 nitrogen and oxygen atoms in total. The van der Waals surface area contributed by atoms with Gasteiger partial charge < -0.3 is 9.84 Å². The molecule has 0 aliphatic heterocycles. The van der Waals surface area contributed by atoms with Crippen LogP contribution < -0.4 is 4.74 Å². The minimum absolute atomic E-state index is 0.00511. The van der Waals surface area contributed by atoms with Crippen molar-refractivity contribution >= 4 is 15.8 Å². The zero-order valence-electron chi connectivity index (χ0n) is 11.4. The van der Waals surface area contributed by atoms with E-state index in [1.54, 1.807) is 12.1 Å². The highest BCUT2D eigenvalue weighted by atomic mass is 32.2. The summed E-state index contributed by atoms with van der Waals surface area (Å²) in [5.74, 6) is -1.16. The summed E-state index contributed by atoms with van der Waals surface area (Å²) >= 11 is 0. The number of ether oxygens (including phenoxy) is 1. The molecule has 110 valence electrons. The number of aromatic carboxylic acids is 1. The number of carboxylic acids is 1. The van der Waals surface area contributed by atoms with Crippen LogP contribution in [-0.4, -0.2) is 37.8 Å². The Morgan fingerprint density at radius 2 is 1.95 bits per heavy atom. The number of nitrogens with zero attached hydrogens (tertiary/aromatic N) is 1. The fourth-order valence-corrected chi connectivity index (χ4v) is 2.50. The molecule has 1 N–H and O–H groups in total. The monoisotopic (exact) mass is 307 g/mol. The minimum atomic E-state index is -3.33. The van der Waals surface area contributed by atoms with Gasteiger partial charge in [-0.3, -0.25) is 0 Å². The molecule has 0 unspecified atom stereocenters. The molecule has 1 aromatic carbocycles. The molecule has 0 amide bonds. The maximum atomic E-state index is 11.6. The number of hydrogen-bond acceptors (Lipinski definition) is 5. The van der Waals surface area contributed by atoms with Gasteiger partial charge in [-0.15, -0.1) is 0 Å². The minimum Gasteiger partial charge on any atom is -0.480 e. The summed E-state index contributed by atoms with van der Waals surface area (Å²) in [6.45, 7) is 0. The van der Waals surface area contributed by atoms with Gasteiger partial charge in [-0.25, -0.2) is 18.2 Å². The maximum Gasteiger partial charge on any atom is 0.341 e. The van der Waals surface area contributed by atoms with E-state index in [2.05, 4.69) is 4.98 Å². The molecule has 0 saturated carbocycles. The fraction of sp³-hybridized carbons (Fsp3) is 0.143. The van der Waals surface area contributed by atoms with E-state index in [9.17, 15) is 13.2 Å². The SMILES string of the molecule is COc1ncc(-c2cccc(S(C)(=O)=O)c2)cc1C(=O)O. The molecule has 0 aliphatic carbocycles. The molecule has 0 fully saturated rings. The Labute approximate surface area is 121 Å². The molecule has 2 aromatic rings. The summed E-state index contributed by atoms with van der Waals surface area (Å²) in [6.07, 6.45) is 2.55. The van der Waals surface area contributed by atoms with Crippen molar-refractivity contribution in [3.05, 3.63) is 42.1 Å². The van der Waals surface area contributed by atoms with Gasteiger partial charge in [-0.05, 0) is 23.8 Å². The third kappa shape index (κ3) is 3.19. The topological polar surface area (TPSA) is 93.6 Å². The van der Waals surface area contributed by atoms with Crippen molar-refractivity contribution in [2.24, 2.45) is 0 Å². The predicted molar refractivity (Wildman–Crippen MR) is 76.3 cm³/mol. The molecule has 2 rings (SSSR count). The van der Waals surface area contributed by atoms with Gasteiger partial charge in [0.05, 0.1) is 12.0 Å². The van der Waals surface area contributed by atoms with Crippen molar-refractivity contribution in [3.8, 4) is 17.0 Å². The molecular weight excluding hydrogens is 294 g/mol. The number of hydrogen-bond donors (Lipinski definition) is 1. The zero-order valence-corrected chi connectivity index (χ0v) is 12.2. The second-order valence-corrected chi connectivity index (χ2v) is 6.40. The normalized spacial score (nSPS) is 11.1. The van der Waals surface area contributed by atoms with Gasteiger partial charge in [0.1, 0.15) is 5.56 Å². The van der Waals surface area contributed by atoms with E-state index in [-0.39, 0.29) is 16.3 Å². The molecule has 7 heteroatoms. The number of aromatic nitrogens is 1. The summed E-state index contributed by atoms with van der Waals surface area (Å²) < 4.78 is 28.0. The van der Waals surface area contributed by atoms with Crippen LogP contribution in [0.15, 0.2) is 41.4 Å². The molecule has 0 bridgehead atoms. The van der Waals surface area contributed by atoms with Crippen molar-refractivity contribution in [2.75, 3.05) is 13.4 Å². The molecule has 1 aromatic heterocycles. The van der Waals surface area contributed by atoms with Gasteiger partial charge in [0, 0.05) is 18.0 Å². The second-order valence-electron chi connectivity index (χ2n) is 4.39. The quantitative estimate of drug-likeness (QED) is 0.926. The highest BCUT2D eigenvalue weighted by Gasteiger charge is 2.15. The lowest BCUT2D eigenvalue weighted by molar-refractivity contribution is 0.0692. The lowest BCUT2D eigenvalue weighted by atomic mass is 10.1. The lowest BCUT2D eigenvalue weighted by Crippen LogP contribution is -2.03. The summed E-state index contributed by atoms with van der Waals surface area (Å²) in [5, 5.41) is 9.14. The molecule has 0 spiro atoms. The number of pyridine rings is 1. The van der Waals surface area contributed by atoms with Crippen molar-refractivity contribution < 1.29 is 23.1 Å². The first-order chi connectivity index (χ1) is 9.82. The van der Waals surface area contributed by atoms with E-state index >= 15 is 0 Å². The Morgan fingerprint density at radius 1 is 1.24 bits per heavy atom. The van der Waals surface area contributed by atoms with Crippen LogP contribution in [0.2, 0.25) is 0 Å². The Kier molecular flexibility index (Phi) is 3.95. The Hall–Kier alpha value is -2.41. The number of benzene rings is 1. The van der Waals surface area contributed by atoms with Gasteiger partial charge in [0.2, 0.25) is 5.88 Å². The van der Waals surface area contributed by atoms with E-state index in [0.717, 1.165) is 6.26 Å². The standard InChI is InChI=1S/C14H13NO5S/c1-20-13-12(14(16)17)7-10(8-15-13)9-4-3-5-11(6-9)21(2,18)19/h3-8H,1-2H3,(H,16,17). The van der Waals surface area contributed by atoms with Crippen LogP contribution >= 0.6 is 0 Å². The van der Waals surface area contributed by atoms with Crippen molar-refractivity contribution in [3.63, 3.8) is 0 Å². The van der Waals surface area contributed by atoms with Crippen LogP contribution in [0, 0.1) is 0 Å². The van der Waals surface area contributed by atoms with Crippen LogP contribution in [0.3, 0.4) is 0 Å². The summed E-state index contributed by atoms with van der Waals surface area (Å²) in [7, 11) is -2.00. The van der Waals surface area contributed by atoms with E-state index in [0.29, 0.717) is 11.1 Å². The lowest BCUT2D eigenvalue weighted by Gasteiger charge is -2.08. The van der Waals surface area contributed by atoms with E-state index < -0.39 is 15.8 Å². The predicted octanol–water partition coefficient (Wildman–Crippen LogP) is 1.86. The van der Waals surface area contributed by atoms with Crippen molar-refractivity contribution in [2.45, 2.75) is 4.90 Å². The van der Waals surface area contributed by atoms with E-state index in [4.69, 9.17) is 9.84 Å². The smallest absolute Gasteiger partial charge is 0.341 e. The van der Waals surface area contributed by atoms with Crippen LogP contribution in [0.4, 0.5) is 0 Å². The number of sulfone groups is 1. The van der Waals surface area contributed by atoms with Crippen LogP contribution in [0.1, 0.15) is 10.4 Å². The Morgan fingerprint density at radius 3 is 2.52 bits per heavy atom. The first-order valence-electron chi connectivity index (χ1n) is 5.91. The van der Waals surface area contributed by atoms with E-state index in [1.165, 1.54) is 31.5 Å². The number of carbonyl (C=O) groups is 1.